The van der Waals surface area contributed by atoms with Gasteiger partial charge < -0.3 is 24.3 Å². The van der Waals surface area contributed by atoms with Gasteiger partial charge in [0.25, 0.3) is 0 Å². The maximum Gasteiger partial charge on any atom is 0.160 e. The van der Waals surface area contributed by atoms with Crippen LogP contribution in [-0.4, -0.2) is 61.1 Å². The predicted molar refractivity (Wildman–Crippen MR) is 161 cm³/mol. The lowest BCUT2D eigenvalue weighted by Gasteiger charge is -2.22. The van der Waals surface area contributed by atoms with Crippen molar-refractivity contribution >= 4 is 22.3 Å². The number of nitrogens with zero attached hydrogens (tertiary/aromatic N) is 4. The van der Waals surface area contributed by atoms with E-state index in [0.717, 1.165) is 27.9 Å². The number of fused-ring (bicyclic) bond motifs is 1. The summed E-state index contributed by atoms with van der Waals surface area (Å²) >= 11 is 0. The molecule has 43 heavy (non-hydrogen) atoms. The summed E-state index contributed by atoms with van der Waals surface area (Å²) in [5.74, 6) is -0.746. The number of rotatable bonds is 12. The Morgan fingerprint density at radius 1 is 1.14 bits per heavy atom. The highest BCUT2D eigenvalue weighted by Crippen LogP contribution is 2.30. The molecular formula is C32H33F2N5O4. The van der Waals surface area contributed by atoms with E-state index in [2.05, 4.69) is 16.9 Å². The van der Waals surface area contributed by atoms with Crippen LogP contribution in [0.25, 0.3) is 10.9 Å². The molecule has 0 fully saturated rings. The van der Waals surface area contributed by atoms with Crippen molar-refractivity contribution in [3.8, 4) is 11.5 Å². The molecule has 0 unspecified atom stereocenters. The Kier molecular flexibility index (Phi) is 9.43. The van der Waals surface area contributed by atoms with Crippen molar-refractivity contribution in [2.24, 2.45) is 4.99 Å². The standard InChI is InChI=1S/C32H33F2N5O4/c1-20(36-29-9-11-35-17-31(29)41-4)25-19-42-12-10-28(25)37-21(2)32-23-7-5-6-8-30(23)39(38-32)18-24-26(33)15-22(16-27(24)34)43-14-13-40-3/h5-9,11,15-17H,1,10,12-14,18-19H2,2-4H3,(H,35,36). The van der Waals surface area contributed by atoms with Gasteiger partial charge in [0.05, 0.1) is 62.3 Å². The van der Waals surface area contributed by atoms with Gasteiger partial charge in [-0.05, 0) is 19.1 Å². The van der Waals surface area contributed by atoms with Crippen molar-refractivity contribution in [1.82, 2.24) is 14.8 Å². The Morgan fingerprint density at radius 2 is 1.93 bits per heavy atom. The molecule has 1 aliphatic rings. The van der Waals surface area contributed by atoms with Gasteiger partial charge in [-0.3, -0.25) is 14.7 Å². The molecule has 3 heterocycles. The van der Waals surface area contributed by atoms with Crippen LogP contribution in [0.3, 0.4) is 0 Å². The number of benzene rings is 2. The molecule has 2 aromatic heterocycles. The fraction of sp³-hybridized carbons (Fsp3) is 0.281. The van der Waals surface area contributed by atoms with E-state index >= 15 is 8.78 Å². The van der Waals surface area contributed by atoms with Crippen molar-refractivity contribution in [2.75, 3.05) is 46.0 Å². The summed E-state index contributed by atoms with van der Waals surface area (Å²) < 4.78 is 53.1. The van der Waals surface area contributed by atoms with Crippen LogP contribution in [0.4, 0.5) is 14.5 Å². The molecule has 1 aliphatic heterocycles. The van der Waals surface area contributed by atoms with Crippen molar-refractivity contribution in [3.63, 3.8) is 0 Å². The van der Waals surface area contributed by atoms with Crippen LogP contribution < -0.4 is 14.8 Å². The number of hydrogen-bond acceptors (Lipinski definition) is 8. The van der Waals surface area contributed by atoms with Gasteiger partial charge in [-0.2, -0.15) is 5.10 Å². The second kappa shape index (κ2) is 13.6. The Morgan fingerprint density at radius 3 is 2.70 bits per heavy atom. The quantitative estimate of drug-likeness (QED) is 0.163. The maximum absolute atomic E-state index is 15.0. The lowest BCUT2D eigenvalue weighted by molar-refractivity contribution is 0.146. The van der Waals surface area contributed by atoms with Gasteiger partial charge in [-0.1, -0.05) is 24.8 Å². The molecule has 2 aromatic carbocycles. The number of methoxy groups -OCH3 is 2. The number of hydrogen-bond donors (Lipinski definition) is 1. The molecule has 0 saturated carbocycles. The number of ether oxygens (including phenoxy) is 4. The minimum Gasteiger partial charge on any atom is -0.493 e. The SMILES string of the molecule is C=C(Nc1ccncc1OC)C1=C(N=C(C)c2nn(Cc3c(F)cc(OCCOC)cc3F)c3ccccc23)CCOC1. The van der Waals surface area contributed by atoms with Crippen LogP contribution >= 0.6 is 0 Å². The lowest BCUT2D eigenvalue weighted by Crippen LogP contribution is -2.16. The zero-order valence-electron chi connectivity index (χ0n) is 24.3. The van der Waals surface area contributed by atoms with Gasteiger partial charge in [0.15, 0.2) is 5.75 Å². The third-order valence-corrected chi connectivity index (χ3v) is 7.01. The monoisotopic (exact) mass is 589 g/mol. The largest absolute Gasteiger partial charge is 0.493 e. The molecule has 4 aromatic rings. The van der Waals surface area contributed by atoms with E-state index in [1.165, 1.54) is 19.2 Å². The van der Waals surface area contributed by atoms with Crippen LogP contribution in [0, 0.1) is 11.6 Å². The molecule has 11 heteroatoms. The second-order valence-corrected chi connectivity index (χ2v) is 9.83. The molecule has 0 bridgehead atoms. The highest BCUT2D eigenvalue weighted by molar-refractivity contribution is 6.08. The van der Waals surface area contributed by atoms with E-state index in [0.29, 0.717) is 49.1 Å². The van der Waals surface area contributed by atoms with Gasteiger partial charge in [0.1, 0.15) is 29.7 Å². The number of aromatic nitrogens is 3. The summed E-state index contributed by atoms with van der Waals surface area (Å²) in [6.45, 7) is 7.33. The summed E-state index contributed by atoms with van der Waals surface area (Å²) in [6.07, 6.45) is 3.86. The first kappa shape index (κ1) is 29.9. The zero-order valence-corrected chi connectivity index (χ0v) is 24.3. The van der Waals surface area contributed by atoms with E-state index < -0.39 is 11.6 Å². The van der Waals surface area contributed by atoms with E-state index in [-0.39, 0.29) is 24.5 Å². The van der Waals surface area contributed by atoms with Crippen LogP contribution in [-0.2, 0) is 16.0 Å². The third-order valence-electron chi connectivity index (χ3n) is 7.01. The lowest BCUT2D eigenvalue weighted by atomic mass is 10.1. The summed E-state index contributed by atoms with van der Waals surface area (Å²) in [5, 5.41) is 8.87. The van der Waals surface area contributed by atoms with E-state index in [4.69, 9.17) is 29.0 Å². The molecular weight excluding hydrogens is 556 g/mol. The second-order valence-electron chi connectivity index (χ2n) is 9.83. The molecule has 0 radical (unpaired) electrons. The number of halogens is 2. The number of anilines is 1. The number of para-hydroxylation sites is 1. The minimum atomic E-state index is -0.715. The number of aliphatic imine (C=N–C) groups is 1. The van der Waals surface area contributed by atoms with Crippen molar-refractivity contribution in [1.29, 1.82) is 0 Å². The van der Waals surface area contributed by atoms with E-state index in [1.54, 1.807) is 30.3 Å². The van der Waals surface area contributed by atoms with Crippen molar-refractivity contribution in [3.05, 3.63) is 101 Å². The van der Waals surface area contributed by atoms with Crippen LogP contribution in [0.5, 0.6) is 11.5 Å². The number of pyridine rings is 1. The number of nitrogens with one attached hydrogen (secondary N) is 1. The van der Waals surface area contributed by atoms with Crippen LogP contribution in [0.1, 0.15) is 24.6 Å². The van der Waals surface area contributed by atoms with Gasteiger partial charge >= 0.3 is 0 Å². The Bertz CT molecular complexity index is 1680. The molecule has 0 saturated heterocycles. The molecule has 9 nitrogen and oxygen atoms in total. The highest BCUT2D eigenvalue weighted by atomic mass is 19.1. The summed E-state index contributed by atoms with van der Waals surface area (Å²) in [5.41, 5.74) is 4.87. The Labute approximate surface area is 248 Å². The fourth-order valence-corrected chi connectivity index (χ4v) is 4.82. The Balaban J connectivity index is 1.46. The van der Waals surface area contributed by atoms with Gasteiger partial charge in [-0.15, -0.1) is 0 Å². The molecule has 0 aliphatic carbocycles. The first-order chi connectivity index (χ1) is 20.9. The van der Waals surface area contributed by atoms with Gasteiger partial charge in [0.2, 0.25) is 0 Å². The first-order valence-electron chi connectivity index (χ1n) is 13.7. The summed E-state index contributed by atoms with van der Waals surface area (Å²) in [4.78, 5) is 9.06. The maximum atomic E-state index is 15.0. The predicted octanol–water partition coefficient (Wildman–Crippen LogP) is 5.90. The van der Waals surface area contributed by atoms with Gasteiger partial charge in [0, 0.05) is 54.1 Å². The Hall–Kier alpha value is -4.61. The first-order valence-corrected chi connectivity index (χ1v) is 13.7. The summed E-state index contributed by atoms with van der Waals surface area (Å²) in [6, 6.07) is 11.7. The normalized spacial score (nSPS) is 13.8. The van der Waals surface area contributed by atoms with Crippen molar-refractivity contribution in [2.45, 2.75) is 19.9 Å². The third kappa shape index (κ3) is 6.73. The molecule has 0 amide bonds. The zero-order chi connectivity index (χ0) is 30.3. The average Bonchev–Trinajstić information content (AvgIpc) is 3.38. The van der Waals surface area contributed by atoms with E-state index in [1.807, 2.05) is 31.2 Å². The molecule has 5 rings (SSSR count). The van der Waals surface area contributed by atoms with Crippen LogP contribution in [0.15, 0.2) is 83.4 Å². The summed E-state index contributed by atoms with van der Waals surface area (Å²) in [7, 11) is 3.10. The molecule has 224 valence electrons. The highest BCUT2D eigenvalue weighted by Gasteiger charge is 2.20. The van der Waals surface area contributed by atoms with Gasteiger partial charge in [-0.25, -0.2) is 8.78 Å². The topological polar surface area (TPSA) is 92.0 Å². The van der Waals surface area contributed by atoms with E-state index in [9.17, 15) is 0 Å². The fourth-order valence-electron chi connectivity index (χ4n) is 4.82. The minimum absolute atomic E-state index is 0.101. The smallest absolute Gasteiger partial charge is 0.160 e. The molecule has 0 spiro atoms. The molecule has 1 N–H and O–H groups in total. The average molecular weight is 590 g/mol. The molecule has 0 atom stereocenters. The van der Waals surface area contributed by atoms with Crippen LogP contribution in [0.2, 0.25) is 0 Å². The van der Waals surface area contributed by atoms with Crippen molar-refractivity contribution < 1.29 is 27.7 Å².